The molecule has 2 aliphatic rings. The summed E-state index contributed by atoms with van der Waals surface area (Å²) in [4.78, 5) is 29.8. The second-order valence-electron chi connectivity index (χ2n) is 8.48. The van der Waals surface area contributed by atoms with Gasteiger partial charge in [-0.15, -0.1) is 0 Å². The zero-order valence-electron chi connectivity index (χ0n) is 18.0. The number of nitrogens with zero attached hydrogens (tertiary/aromatic N) is 2. The Morgan fingerprint density at radius 2 is 1.56 bits per heavy atom. The van der Waals surface area contributed by atoms with Crippen LogP contribution in [-0.2, 0) is 14.6 Å². The lowest BCUT2D eigenvalue weighted by molar-refractivity contribution is -0.133. The number of carbonyl (C=O) groups excluding carboxylic acids is 2. The number of benzene rings is 2. The van der Waals surface area contributed by atoms with Crippen molar-refractivity contribution in [2.45, 2.75) is 24.9 Å². The summed E-state index contributed by atoms with van der Waals surface area (Å²) in [6.07, 6.45) is 0.859. The number of hydrogen-bond acceptors (Lipinski definition) is 5. The lowest BCUT2D eigenvalue weighted by atomic mass is 10.0. The largest absolute Gasteiger partial charge is 0.345 e. The van der Waals surface area contributed by atoms with Crippen molar-refractivity contribution in [1.82, 2.24) is 15.1 Å². The molecule has 0 spiro atoms. The quantitative estimate of drug-likeness (QED) is 0.719. The number of nitrogens with one attached hydrogen (secondary N) is 1. The van der Waals surface area contributed by atoms with Crippen molar-refractivity contribution in [3.8, 4) is 0 Å². The number of amides is 2. The van der Waals surface area contributed by atoms with E-state index in [1.165, 1.54) is 0 Å². The van der Waals surface area contributed by atoms with Gasteiger partial charge in [0.25, 0.3) is 5.91 Å². The summed E-state index contributed by atoms with van der Waals surface area (Å²) in [5.74, 6) is 0.268. The molecule has 0 radical (unpaired) electrons. The molecule has 0 bridgehead atoms. The van der Waals surface area contributed by atoms with Gasteiger partial charge in [0.1, 0.15) is 0 Å². The molecule has 2 aromatic carbocycles. The van der Waals surface area contributed by atoms with E-state index in [9.17, 15) is 18.0 Å². The molecule has 7 nitrogen and oxygen atoms in total. The highest BCUT2D eigenvalue weighted by atomic mass is 32.2. The van der Waals surface area contributed by atoms with Gasteiger partial charge in [0, 0.05) is 37.8 Å². The number of carbonyl (C=O) groups is 2. The Labute approximate surface area is 189 Å². The number of sulfone groups is 1. The van der Waals surface area contributed by atoms with Crippen LogP contribution in [0.15, 0.2) is 60.7 Å². The topological polar surface area (TPSA) is 86.8 Å². The Balaban J connectivity index is 1.38. The average Bonchev–Trinajstić information content (AvgIpc) is 3.19. The van der Waals surface area contributed by atoms with Crippen molar-refractivity contribution in [3.63, 3.8) is 0 Å². The van der Waals surface area contributed by atoms with Gasteiger partial charge in [-0.25, -0.2) is 8.42 Å². The predicted octanol–water partition coefficient (Wildman–Crippen LogP) is 1.88. The van der Waals surface area contributed by atoms with E-state index in [4.69, 9.17) is 0 Å². The van der Waals surface area contributed by atoms with E-state index in [2.05, 4.69) is 10.2 Å². The molecule has 0 aliphatic carbocycles. The molecule has 32 heavy (non-hydrogen) atoms. The minimum Gasteiger partial charge on any atom is -0.345 e. The van der Waals surface area contributed by atoms with Crippen molar-refractivity contribution in [1.29, 1.82) is 0 Å². The fourth-order valence-corrected chi connectivity index (χ4v) is 6.23. The molecule has 4 rings (SSSR count). The first-order chi connectivity index (χ1) is 15.4. The van der Waals surface area contributed by atoms with Crippen molar-refractivity contribution >= 4 is 21.7 Å². The third-order valence-electron chi connectivity index (χ3n) is 6.31. The molecule has 2 heterocycles. The smallest absolute Gasteiger partial charge is 0.251 e. The van der Waals surface area contributed by atoms with Crippen LogP contribution in [0.25, 0.3) is 0 Å². The van der Waals surface area contributed by atoms with Crippen LogP contribution in [0.2, 0.25) is 0 Å². The second kappa shape index (κ2) is 9.83. The van der Waals surface area contributed by atoms with Gasteiger partial charge in [0.05, 0.1) is 24.0 Å². The third-order valence-corrected chi connectivity index (χ3v) is 8.06. The fraction of sp³-hybridized carbons (Fsp3) is 0.417. The second-order valence-corrected chi connectivity index (χ2v) is 10.7. The van der Waals surface area contributed by atoms with Crippen LogP contribution in [0, 0.1) is 0 Å². The summed E-state index contributed by atoms with van der Waals surface area (Å²) in [5, 5.41) is 3.02. The van der Waals surface area contributed by atoms with Gasteiger partial charge in [-0.2, -0.15) is 0 Å². The Hall–Kier alpha value is -2.71. The van der Waals surface area contributed by atoms with E-state index < -0.39 is 15.9 Å². The number of piperazine rings is 1. The molecule has 2 aliphatic heterocycles. The Morgan fingerprint density at radius 3 is 2.16 bits per heavy atom. The average molecular weight is 456 g/mol. The maximum atomic E-state index is 13.1. The molecule has 2 saturated heterocycles. The summed E-state index contributed by atoms with van der Waals surface area (Å²) < 4.78 is 23.6. The van der Waals surface area contributed by atoms with E-state index in [1.807, 2.05) is 53.4 Å². The first kappa shape index (κ1) is 22.5. The monoisotopic (exact) mass is 455 g/mol. The Kier molecular flexibility index (Phi) is 6.91. The highest BCUT2D eigenvalue weighted by molar-refractivity contribution is 7.91. The Morgan fingerprint density at radius 1 is 0.938 bits per heavy atom. The molecule has 0 unspecified atom stereocenters. The molecule has 2 fully saturated rings. The van der Waals surface area contributed by atoms with Gasteiger partial charge in [0.2, 0.25) is 5.91 Å². The standard InChI is InChI=1S/C24H29N3O4S/c28-23(27-14-12-26(13-15-27)21-11-16-32(30,31)18-21)17-22(19-7-3-1-4-8-19)25-24(29)20-9-5-2-6-10-20/h1-10,21-22H,11-18H2,(H,25,29)/t21-,22+/m0/s1. The number of hydrogen-bond donors (Lipinski definition) is 1. The Bertz CT molecular complexity index is 1040. The van der Waals surface area contributed by atoms with E-state index >= 15 is 0 Å². The lowest BCUT2D eigenvalue weighted by Gasteiger charge is -2.38. The van der Waals surface area contributed by atoms with Crippen LogP contribution in [0.1, 0.15) is 34.8 Å². The minimum absolute atomic E-state index is 0.00842. The van der Waals surface area contributed by atoms with E-state index in [0.29, 0.717) is 38.2 Å². The van der Waals surface area contributed by atoms with Gasteiger partial charge in [0.15, 0.2) is 9.84 Å². The normalized spacial score (nSPS) is 21.8. The molecule has 2 aromatic rings. The molecule has 170 valence electrons. The summed E-state index contributed by atoms with van der Waals surface area (Å²) in [6, 6.07) is 18.2. The highest BCUT2D eigenvalue weighted by Gasteiger charge is 2.34. The van der Waals surface area contributed by atoms with Crippen molar-refractivity contribution < 1.29 is 18.0 Å². The van der Waals surface area contributed by atoms with Crippen molar-refractivity contribution in [2.75, 3.05) is 37.7 Å². The molecule has 8 heteroatoms. The predicted molar refractivity (Wildman–Crippen MR) is 123 cm³/mol. The van der Waals surface area contributed by atoms with Gasteiger partial charge in [-0.05, 0) is 24.1 Å². The maximum absolute atomic E-state index is 13.1. The molecule has 2 atom stereocenters. The van der Waals surface area contributed by atoms with Crippen LogP contribution in [-0.4, -0.2) is 73.8 Å². The summed E-state index contributed by atoms with van der Waals surface area (Å²) in [6.45, 7) is 2.50. The fourth-order valence-electron chi connectivity index (χ4n) is 4.47. The summed E-state index contributed by atoms with van der Waals surface area (Å²) >= 11 is 0. The lowest BCUT2D eigenvalue weighted by Crippen LogP contribution is -2.52. The molecule has 2 amide bonds. The van der Waals surface area contributed by atoms with Gasteiger partial charge in [-0.3, -0.25) is 14.5 Å². The summed E-state index contributed by atoms with van der Waals surface area (Å²) in [5.41, 5.74) is 1.45. The first-order valence-corrected chi connectivity index (χ1v) is 12.9. The summed E-state index contributed by atoms with van der Waals surface area (Å²) in [7, 11) is -2.92. The molecule has 1 N–H and O–H groups in total. The zero-order valence-corrected chi connectivity index (χ0v) is 18.8. The first-order valence-electron chi connectivity index (χ1n) is 11.0. The zero-order chi connectivity index (χ0) is 22.6. The van der Waals surface area contributed by atoms with E-state index in [-0.39, 0.29) is 35.8 Å². The van der Waals surface area contributed by atoms with Crippen molar-refractivity contribution in [2.24, 2.45) is 0 Å². The minimum atomic E-state index is -2.92. The van der Waals surface area contributed by atoms with Crippen LogP contribution < -0.4 is 5.32 Å². The van der Waals surface area contributed by atoms with Crippen LogP contribution in [0.4, 0.5) is 0 Å². The molecular formula is C24H29N3O4S. The molecule has 0 saturated carbocycles. The van der Waals surface area contributed by atoms with Crippen LogP contribution >= 0.6 is 0 Å². The van der Waals surface area contributed by atoms with E-state index in [1.54, 1.807) is 12.1 Å². The highest BCUT2D eigenvalue weighted by Crippen LogP contribution is 2.22. The van der Waals surface area contributed by atoms with Crippen molar-refractivity contribution in [3.05, 3.63) is 71.8 Å². The van der Waals surface area contributed by atoms with Gasteiger partial charge >= 0.3 is 0 Å². The third kappa shape index (κ3) is 5.55. The van der Waals surface area contributed by atoms with Crippen LogP contribution in [0.5, 0.6) is 0 Å². The number of rotatable bonds is 6. The van der Waals surface area contributed by atoms with Gasteiger partial charge in [-0.1, -0.05) is 48.5 Å². The van der Waals surface area contributed by atoms with E-state index in [0.717, 1.165) is 5.56 Å². The maximum Gasteiger partial charge on any atom is 0.251 e. The molecular weight excluding hydrogens is 426 g/mol. The SMILES string of the molecule is O=C(N[C@H](CC(=O)N1CCN([C@H]2CCS(=O)(=O)C2)CC1)c1ccccc1)c1ccccc1. The molecule has 0 aromatic heterocycles. The van der Waals surface area contributed by atoms with Crippen LogP contribution in [0.3, 0.4) is 0 Å². The van der Waals surface area contributed by atoms with Gasteiger partial charge < -0.3 is 10.2 Å².